The molecule has 8 heteroatoms. The first kappa shape index (κ1) is 19.1. The maximum atomic E-state index is 11.9. The molecule has 3 rings (SSSR count). The van der Waals surface area contributed by atoms with E-state index in [1.807, 2.05) is 24.3 Å². The normalized spacial score (nSPS) is 11.0. The summed E-state index contributed by atoms with van der Waals surface area (Å²) in [6.45, 7) is 0. The predicted molar refractivity (Wildman–Crippen MR) is 108 cm³/mol. The van der Waals surface area contributed by atoms with Crippen molar-refractivity contribution in [2.45, 2.75) is 10.8 Å². The molecule has 0 bridgehead atoms. The molecule has 1 N–H and O–H groups in total. The van der Waals surface area contributed by atoms with Crippen molar-refractivity contribution in [3.8, 4) is 0 Å². The average molecular weight is 399 g/mol. The van der Waals surface area contributed by atoms with Gasteiger partial charge in [-0.2, -0.15) is 5.10 Å². The van der Waals surface area contributed by atoms with E-state index in [2.05, 4.69) is 20.2 Å². The molecule has 6 nitrogen and oxygen atoms in total. The first-order valence-electron chi connectivity index (χ1n) is 8.14. The minimum Gasteiger partial charge on any atom is -0.465 e. The van der Waals surface area contributed by atoms with Gasteiger partial charge in [-0.05, 0) is 29.8 Å². The standard InChI is InChI=1S/C19H17N3O3S2/c1-25-18(24)14-8-6-13(7-9-14)12-20-22-17(23)10-11-26-19-21-15-4-2-3-5-16(15)27-19/h2-9,12H,10-11H2,1H3,(H,22,23). The molecule has 0 saturated carbocycles. The lowest BCUT2D eigenvalue weighted by molar-refractivity contribution is -0.120. The van der Waals surface area contributed by atoms with E-state index in [1.165, 1.54) is 13.3 Å². The Hall–Kier alpha value is -2.71. The van der Waals surface area contributed by atoms with Crippen molar-refractivity contribution in [3.63, 3.8) is 0 Å². The largest absolute Gasteiger partial charge is 0.465 e. The Balaban J connectivity index is 1.42. The van der Waals surface area contributed by atoms with Crippen LogP contribution in [0.4, 0.5) is 0 Å². The van der Waals surface area contributed by atoms with Crippen molar-refractivity contribution in [2.24, 2.45) is 5.10 Å². The molecule has 27 heavy (non-hydrogen) atoms. The van der Waals surface area contributed by atoms with Crippen LogP contribution in [0, 0.1) is 0 Å². The molecule has 0 fully saturated rings. The number of carbonyl (C=O) groups excluding carboxylic acids is 2. The summed E-state index contributed by atoms with van der Waals surface area (Å²) in [7, 11) is 1.34. The van der Waals surface area contributed by atoms with Crippen LogP contribution >= 0.6 is 23.1 Å². The second kappa shape index (κ2) is 9.29. The number of thioether (sulfide) groups is 1. The van der Waals surface area contributed by atoms with Gasteiger partial charge in [-0.15, -0.1) is 11.3 Å². The van der Waals surface area contributed by atoms with Gasteiger partial charge in [0.2, 0.25) is 5.91 Å². The van der Waals surface area contributed by atoms with Gasteiger partial charge in [0.05, 0.1) is 29.1 Å². The minimum atomic E-state index is -0.391. The summed E-state index contributed by atoms with van der Waals surface area (Å²) in [4.78, 5) is 27.7. The number of amides is 1. The Morgan fingerprint density at radius 1 is 1.22 bits per heavy atom. The van der Waals surface area contributed by atoms with Crippen LogP contribution in [0.25, 0.3) is 10.2 Å². The third-order valence-corrected chi connectivity index (χ3v) is 5.74. The fraction of sp³-hybridized carbons (Fsp3) is 0.158. The Morgan fingerprint density at radius 3 is 2.74 bits per heavy atom. The lowest BCUT2D eigenvalue weighted by Crippen LogP contribution is -2.17. The van der Waals surface area contributed by atoms with E-state index in [0.29, 0.717) is 17.7 Å². The number of methoxy groups -OCH3 is 1. The monoisotopic (exact) mass is 399 g/mol. The highest BCUT2D eigenvalue weighted by Gasteiger charge is 2.06. The first-order chi connectivity index (χ1) is 13.2. The van der Waals surface area contributed by atoms with Gasteiger partial charge in [-0.3, -0.25) is 4.79 Å². The number of hydrogen-bond acceptors (Lipinski definition) is 7. The lowest BCUT2D eigenvalue weighted by atomic mass is 10.1. The van der Waals surface area contributed by atoms with Gasteiger partial charge >= 0.3 is 5.97 Å². The van der Waals surface area contributed by atoms with Gasteiger partial charge < -0.3 is 4.74 Å². The van der Waals surface area contributed by atoms with Gasteiger partial charge in [-0.1, -0.05) is 36.0 Å². The zero-order chi connectivity index (χ0) is 19.1. The van der Waals surface area contributed by atoms with Crippen molar-refractivity contribution in [1.82, 2.24) is 10.4 Å². The molecule has 0 spiro atoms. The van der Waals surface area contributed by atoms with Crippen LogP contribution in [0.15, 0.2) is 58.0 Å². The van der Waals surface area contributed by atoms with Crippen LogP contribution in [0.3, 0.4) is 0 Å². The SMILES string of the molecule is COC(=O)c1ccc(C=NNC(=O)CCSc2nc3ccccc3s2)cc1. The van der Waals surface area contributed by atoms with Crippen LogP contribution in [0.2, 0.25) is 0 Å². The van der Waals surface area contributed by atoms with E-state index in [9.17, 15) is 9.59 Å². The number of carbonyl (C=O) groups is 2. The van der Waals surface area contributed by atoms with Crippen molar-refractivity contribution in [2.75, 3.05) is 12.9 Å². The number of nitrogens with zero attached hydrogens (tertiary/aromatic N) is 2. The quantitative estimate of drug-likeness (QED) is 0.283. The van der Waals surface area contributed by atoms with Crippen molar-refractivity contribution in [3.05, 3.63) is 59.7 Å². The minimum absolute atomic E-state index is 0.161. The predicted octanol–water partition coefficient (Wildman–Crippen LogP) is 3.72. The Kier molecular flexibility index (Phi) is 6.56. The average Bonchev–Trinajstić information content (AvgIpc) is 3.10. The molecule has 0 atom stereocenters. The smallest absolute Gasteiger partial charge is 0.337 e. The maximum Gasteiger partial charge on any atom is 0.337 e. The van der Waals surface area contributed by atoms with Gasteiger partial charge in [-0.25, -0.2) is 15.2 Å². The number of thiazole rings is 1. The molecule has 0 aliphatic rings. The Bertz CT molecular complexity index is 935. The second-order valence-corrected chi connectivity index (χ2v) is 7.83. The molecule has 3 aromatic rings. The zero-order valence-corrected chi connectivity index (χ0v) is 16.2. The lowest BCUT2D eigenvalue weighted by Gasteiger charge is -2.00. The number of rotatable bonds is 7. The number of ether oxygens (including phenoxy) is 1. The molecule has 0 saturated heterocycles. The third-order valence-electron chi connectivity index (χ3n) is 3.56. The molecular weight excluding hydrogens is 382 g/mol. The number of esters is 1. The fourth-order valence-corrected chi connectivity index (χ4v) is 4.28. The second-order valence-electron chi connectivity index (χ2n) is 5.45. The molecule has 2 aromatic carbocycles. The summed E-state index contributed by atoms with van der Waals surface area (Å²) in [6.07, 6.45) is 1.87. The fourth-order valence-electron chi connectivity index (χ4n) is 2.20. The van der Waals surface area contributed by atoms with E-state index in [0.717, 1.165) is 20.1 Å². The van der Waals surface area contributed by atoms with E-state index in [4.69, 9.17) is 0 Å². The van der Waals surface area contributed by atoms with Crippen molar-refractivity contribution in [1.29, 1.82) is 0 Å². The summed E-state index contributed by atoms with van der Waals surface area (Å²) in [6, 6.07) is 14.7. The highest BCUT2D eigenvalue weighted by molar-refractivity contribution is 8.01. The van der Waals surface area contributed by atoms with Gasteiger partial charge in [0.15, 0.2) is 4.34 Å². The molecule has 0 aliphatic heterocycles. The highest BCUT2D eigenvalue weighted by Crippen LogP contribution is 2.29. The number of nitrogens with one attached hydrogen (secondary N) is 1. The molecule has 1 amide bonds. The van der Waals surface area contributed by atoms with E-state index < -0.39 is 5.97 Å². The molecule has 138 valence electrons. The van der Waals surface area contributed by atoms with E-state index >= 15 is 0 Å². The molecule has 0 unspecified atom stereocenters. The molecule has 0 aliphatic carbocycles. The number of para-hydroxylation sites is 1. The summed E-state index contributed by atoms with van der Waals surface area (Å²) < 4.78 is 6.74. The van der Waals surface area contributed by atoms with Gasteiger partial charge in [0.1, 0.15) is 0 Å². The third kappa shape index (κ3) is 5.38. The van der Waals surface area contributed by atoms with Gasteiger partial charge in [0.25, 0.3) is 0 Å². The summed E-state index contributed by atoms with van der Waals surface area (Å²) in [5.41, 5.74) is 4.72. The van der Waals surface area contributed by atoms with E-state index in [1.54, 1.807) is 47.4 Å². The van der Waals surface area contributed by atoms with Crippen LogP contribution in [-0.2, 0) is 9.53 Å². The van der Waals surface area contributed by atoms with Gasteiger partial charge in [0, 0.05) is 12.2 Å². The van der Waals surface area contributed by atoms with Crippen LogP contribution in [0.1, 0.15) is 22.3 Å². The van der Waals surface area contributed by atoms with E-state index in [-0.39, 0.29) is 5.91 Å². The zero-order valence-electron chi connectivity index (χ0n) is 14.5. The molecule has 1 heterocycles. The summed E-state index contributed by atoms with van der Waals surface area (Å²) in [5.74, 6) is 0.0816. The van der Waals surface area contributed by atoms with Crippen LogP contribution < -0.4 is 5.43 Å². The van der Waals surface area contributed by atoms with Crippen molar-refractivity contribution >= 4 is 51.4 Å². The molecular formula is C19H17N3O3S2. The number of benzene rings is 2. The number of hydrogen-bond donors (Lipinski definition) is 1. The highest BCUT2D eigenvalue weighted by atomic mass is 32.2. The van der Waals surface area contributed by atoms with Crippen LogP contribution in [-0.4, -0.2) is 35.9 Å². The summed E-state index contributed by atoms with van der Waals surface area (Å²) >= 11 is 3.19. The molecule has 1 aromatic heterocycles. The number of aromatic nitrogens is 1. The Morgan fingerprint density at radius 2 is 2.00 bits per heavy atom. The number of hydrazone groups is 1. The summed E-state index contributed by atoms with van der Waals surface area (Å²) in [5, 5.41) is 3.93. The first-order valence-corrected chi connectivity index (χ1v) is 9.94. The van der Waals surface area contributed by atoms with Crippen molar-refractivity contribution < 1.29 is 14.3 Å². The topological polar surface area (TPSA) is 80.6 Å². The Labute approximate surface area is 164 Å². The molecule has 0 radical (unpaired) electrons. The maximum absolute atomic E-state index is 11.9. The number of fused-ring (bicyclic) bond motifs is 1. The van der Waals surface area contributed by atoms with Crippen LogP contribution in [0.5, 0.6) is 0 Å².